The lowest BCUT2D eigenvalue weighted by Gasteiger charge is -2.47. The first-order chi connectivity index (χ1) is 18.7. The number of allylic oxidation sites excluding steroid dienone is 1. The predicted molar refractivity (Wildman–Crippen MR) is 145 cm³/mol. The highest BCUT2D eigenvalue weighted by Crippen LogP contribution is 2.31. The molecule has 2 amide bonds. The average molecular weight is 539 g/mol. The summed E-state index contributed by atoms with van der Waals surface area (Å²) in [7, 11) is 0. The van der Waals surface area contributed by atoms with E-state index in [0.717, 1.165) is 11.1 Å². The van der Waals surface area contributed by atoms with Gasteiger partial charge in [0.25, 0.3) is 5.91 Å². The lowest BCUT2D eigenvalue weighted by molar-refractivity contribution is -0.266. The maximum absolute atomic E-state index is 13.4. The van der Waals surface area contributed by atoms with Crippen LogP contribution in [0.3, 0.4) is 0 Å². The molecular weight excluding hydrogens is 500 g/mol. The van der Waals surface area contributed by atoms with Gasteiger partial charge in [0.2, 0.25) is 5.91 Å². The summed E-state index contributed by atoms with van der Waals surface area (Å²) in [5, 5.41) is 2.77. The van der Waals surface area contributed by atoms with Crippen LogP contribution in [0.25, 0.3) is 0 Å². The number of carbonyl (C=O) groups is 3. The van der Waals surface area contributed by atoms with Crippen LogP contribution in [-0.4, -0.2) is 60.6 Å². The zero-order valence-electron chi connectivity index (χ0n) is 23.3. The molecule has 210 valence electrons. The minimum Gasteiger partial charge on any atom is -0.456 e. The van der Waals surface area contributed by atoms with Gasteiger partial charge in [-0.1, -0.05) is 60.7 Å². The molecule has 3 rings (SSSR count). The minimum atomic E-state index is -1.08. The second-order valence-corrected chi connectivity index (χ2v) is 9.53. The molecule has 0 aliphatic carbocycles. The maximum Gasteiger partial charge on any atom is 0.355 e. The van der Waals surface area contributed by atoms with E-state index in [1.807, 2.05) is 74.5 Å². The third-order valence-corrected chi connectivity index (χ3v) is 6.10. The van der Waals surface area contributed by atoms with Gasteiger partial charge < -0.3 is 24.3 Å². The molecule has 1 aliphatic rings. The largest absolute Gasteiger partial charge is 0.456 e. The van der Waals surface area contributed by atoms with Crippen molar-refractivity contribution in [1.29, 1.82) is 0 Å². The van der Waals surface area contributed by atoms with Crippen LogP contribution in [0.2, 0.25) is 0 Å². The van der Waals surface area contributed by atoms with Gasteiger partial charge >= 0.3 is 5.97 Å². The first-order valence-electron chi connectivity index (χ1n) is 13.1. The van der Waals surface area contributed by atoms with E-state index in [-0.39, 0.29) is 31.2 Å². The topological polar surface area (TPSA) is 103 Å². The van der Waals surface area contributed by atoms with Crippen LogP contribution in [0, 0.1) is 0 Å². The van der Waals surface area contributed by atoms with E-state index in [2.05, 4.69) is 5.32 Å². The zero-order chi connectivity index (χ0) is 28.4. The fourth-order valence-corrected chi connectivity index (χ4v) is 4.32. The number of amides is 2. The molecule has 0 bridgehead atoms. The van der Waals surface area contributed by atoms with E-state index in [4.69, 9.17) is 18.9 Å². The van der Waals surface area contributed by atoms with E-state index < -0.39 is 29.9 Å². The molecule has 0 radical (unpaired) electrons. The SMILES string of the molecule is CCOC(C)(CO[C@H]1[C@@H](NC(=O)Cc2ccccc2)C(=O)N1C(C(=O)OCc1ccccc1)=C(C)C)OCC. The van der Waals surface area contributed by atoms with Crippen LogP contribution in [0.1, 0.15) is 45.7 Å². The number of nitrogens with zero attached hydrogens (tertiary/aromatic N) is 1. The lowest BCUT2D eigenvalue weighted by Crippen LogP contribution is -2.72. The Morgan fingerprint density at radius 3 is 2.03 bits per heavy atom. The number of esters is 1. The van der Waals surface area contributed by atoms with Gasteiger partial charge in [-0.2, -0.15) is 0 Å². The van der Waals surface area contributed by atoms with Crippen molar-refractivity contribution < 1.29 is 33.3 Å². The molecule has 9 heteroatoms. The molecule has 9 nitrogen and oxygen atoms in total. The second kappa shape index (κ2) is 14.0. The van der Waals surface area contributed by atoms with Crippen molar-refractivity contribution in [2.75, 3.05) is 19.8 Å². The van der Waals surface area contributed by atoms with Crippen LogP contribution in [0.4, 0.5) is 0 Å². The average Bonchev–Trinajstić information content (AvgIpc) is 2.91. The van der Waals surface area contributed by atoms with Crippen molar-refractivity contribution in [1.82, 2.24) is 10.2 Å². The Morgan fingerprint density at radius 2 is 1.49 bits per heavy atom. The van der Waals surface area contributed by atoms with Gasteiger partial charge in [-0.05, 0) is 51.3 Å². The molecule has 0 spiro atoms. The van der Waals surface area contributed by atoms with Crippen LogP contribution < -0.4 is 5.32 Å². The first kappa shape index (κ1) is 30.0. The summed E-state index contributed by atoms with van der Waals surface area (Å²) in [6.45, 7) is 9.64. The molecule has 0 saturated carbocycles. The van der Waals surface area contributed by atoms with Crippen molar-refractivity contribution in [3.63, 3.8) is 0 Å². The van der Waals surface area contributed by atoms with Crippen molar-refractivity contribution in [2.45, 2.75) is 65.7 Å². The number of ether oxygens (including phenoxy) is 4. The molecule has 1 N–H and O–H groups in total. The summed E-state index contributed by atoms with van der Waals surface area (Å²) < 4.78 is 23.2. The normalized spacial score (nSPS) is 16.8. The molecule has 1 aliphatic heterocycles. The smallest absolute Gasteiger partial charge is 0.355 e. The molecule has 2 aromatic rings. The van der Waals surface area contributed by atoms with E-state index in [0.29, 0.717) is 18.8 Å². The number of rotatable bonds is 14. The van der Waals surface area contributed by atoms with Crippen LogP contribution >= 0.6 is 0 Å². The zero-order valence-corrected chi connectivity index (χ0v) is 23.3. The van der Waals surface area contributed by atoms with Crippen LogP contribution in [-0.2, 0) is 46.4 Å². The lowest BCUT2D eigenvalue weighted by atomic mass is 10.0. The Kier molecular flexibility index (Phi) is 10.8. The van der Waals surface area contributed by atoms with Gasteiger partial charge in [0, 0.05) is 13.2 Å². The predicted octanol–water partition coefficient (Wildman–Crippen LogP) is 3.73. The molecule has 0 unspecified atom stereocenters. The van der Waals surface area contributed by atoms with Crippen molar-refractivity contribution in [3.05, 3.63) is 83.1 Å². The highest BCUT2D eigenvalue weighted by atomic mass is 16.7. The quantitative estimate of drug-likeness (QED) is 0.169. The summed E-state index contributed by atoms with van der Waals surface area (Å²) in [6, 6.07) is 17.5. The van der Waals surface area contributed by atoms with Crippen LogP contribution in [0.15, 0.2) is 71.9 Å². The van der Waals surface area contributed by atoms with E-state index >= 15 is 0 Å². The van der Waals surface area contributed by atoms with Crippen molar-refractivity contribution in [3.8, 4) is 0 Å². The van der Waals surface area contributed by atoms with Gasteiger partial charge in [-0.25, -0.2) is 4.79 Å². The highest BCUT2D eigenvalue weighted by Gasteiger charge is 2.53. The molecular formula is C30H38N2O7. The summed E-state index contributed by atoms with van der Waals surface area (Å²) in [4.78, 5) is 40.7. The Morgan fingerprint density at radius 1 is 0.923 bits per heavy atom. The third kappa shape index (κ3) is 7.98. The summed E-state index contributed by atoms with van der Waals surface area (Å²) in [5.41, 5.74) is 2.27. The number of nitrogens with one attached hydrogen (secondary N) is 1. The fourth-order valence-electron chi connectivity index (χ4n) is 4.32. The molecule has 2 aromatic carbocycles. The maximum atomic E-state index is 13.4. The Labute approximate surface area is 230 Å². The van der Waals surface area contributed by atoms with Gasteiger partial charge in [0.15, 0.2) is 18.1 Å². The Hall–Kier alpha value is -3.53. The third-order valence-electron chi connectivity index (χ3n) is 6.10. The van der Waals surface area contributed by atoms with Gasteiger partial charge in [-0.15, -0.1) is 0 Å². The summed E-state index contributed by atoms with van der Waals surface area (Å²) in [6.07, 6.45) is -0.867. The van der Waals surface area contributed by atoms with E-state index in [1.54, 1.807) is 20.8 Å². The Balaban J connectivity index is 1.80. The highest BCUT2D eigenvalue weighted by molar-refractivity contribution is 6.01. The van der Waals surface area contributed by atoms with E-state index in [1.165, 1.54) is 4.90 Å². The van der Waals surface area contributed by atoms with E-state index in [9.17, 15) is 14.4 Å². The van der Waals surface area contributed by atoms with Gasteiger partial charge in [0.1, 0.15) is 18.9 Å². The molecule has 1 saturated heterocycles. The first-order valence-corrected chi connectivity index (χ1v) is 13.1. The number of carbonyl (C=O) groups excluding carboxylic acids is 3. The monoisotopic (exact) mass is 538 g/mol. The molecule has 39 heavy (non-hydrogen) atoms. The van der Waals surface area contributed by atoms with Crippen molar-refractivity contribution in [2.24, 2.45) is 0 Å². The summed E-state index contributed by atoms with van der Waals surface area (Å²) >= 11 is 0. The van der Waals surface area contributed by atoms with Crippen molar-refractivity contribution >= 4 is 17.8 Å². The van der Waals surface area contributed by atoms with Gasteiger partial charge in [-0.3, -0.25) is 14.5 Å². The number of benzene rings is 2. The number of β-lactam (4-membered cyclic amide) rings is 1. The minimum absolute atomic E-state index is 0.0384. The molecule has 1 fully saturated rings. The number of likely N-dealkylation sites (tertiary alicyclic amines) is 1. The summed E-state index contributed by atoms with van der Waals surface area (Å²) in [5.74, 6) is -2.54. The standard InChI is InChI=1S/C30H38N2O7/c1-6-38-30(5,39-7-2)20-37-28-25(31-24(33)18-22-14-10-8-11-15-22)27(34)32(28)26(21(3)4)29(35)36-19-23-16-12-9-13-17-23/h8-17,25,28H,6-7,18-20H2,1-5H3,(H,31,33)/t25-,28-/m0/s1. The molecule has 2 atom stereocenters. The second-order valence-electron chi connectivity index (χ2n) is 9.53. The molecule has 1 heterocycles. The fraction of sp³-hybridized carbons (Fsp3) is 0.433. The number of hydrogen-bond donors (Lipinski definition) is 1. The van der Waals surface area contributed by atoms with Gasteiger partial charge in [0.05, 0.1) is 6.42 Å². The molecule has 0 aromatic heterocycles. The van der Waals surface area contributed by atoms with Crippen LogP contribution in [0.5, 0.6) is 0 Å². The Bertz CT molecular complexity index is 1140. The number of hydrogen-bond acceptors (Lipinski definition) is 7.